The lowest BCUT2D eigenvalue weighted by atomic mass is 9.94. The zero-order chi connectivity index (χ0) is 13.1. The molecular weight excluding hydrogens is 238 g/mol. The van der Waals surface area contributed by atoms with Crippen LogP contribution < -0.4 is 19.9 Å². The standard InChI is InChI=1S/C12H15NO5/c1-16-9-4-11-10(17-6-18-11)3-8(9)7(5-13)2-12(14)15/h3-4,7H,2,5-6,13H2,1H3,(H,14,15). The smallest absolute Gasteiger partial charge is 0.304 e. The normalized spacial score (nSPS) is 14.3. The van der Waals surface area contributed by atoms with Gasteiger partial charge in [-0.25, -0.2) is 0 Å². The molecule has 1 heterocycles. The Hall–Kier alpha value is -1.95. The molecule has 2 rings (SSSR count). The fourth-order valence-corrected chi connectivity index (χ4v) is 1.97. The quantitative estimate of drug-likeness (QED) is 0.811. The van der Waals surface area contributed by atoms with Crippen LogP contribution in [0.2, 0.25) is 0 Å². The highest BCUT2D eigenvalue weighted by Crippen LogP contribution is 2.41. The molecule has 1 aromatic carbocycles. The summed E-state index contributed by atoms with van der Waals surface area (Å²) in [5.74, 6) is 0.546. The number of fused-ring (bicyclic) bond motifs is 1. The third-order valence-electron chi connectivity index (χ3n) is 2.87. The SMILES string of the molecule is COc1cc2c(cc1C(CN)CC(=O)O)OCO2. The van der Waals surface area contributed by atoms with Crippen LogP contribution in [-0.4, -0.2) is 31.5 Å². The molecule has 3 N–H and O–H groups in total. The number of ether oxygens (including phenoxy) is 3. The fraction of sp³-hybridized carbons (Fsp3) is 0.417. The van der Waals surface area contributed by atoms with Crippen LogP contribution in [0, 0.1) is 0 Å². The molecule has 0 spiro atoms. The average Bonchev–Trinajstić information content (AvgIpc) is 2.81. The molecule has 0 radical (unpaired) electrons. The van der Waals surface area contributed by atoms with Crippen molar-refractivity contribution in [1.29, 1.82) is 0 Å². The number of nitrogens with two attached hydrogens (primary N) is 1. The molecule has 1 aliphatic heterocycles. The third kappa shape index (κ3) is 2.33. The Morgan fingerprint density at radius 1 is 1.50 bits per heavy atom. The lowest BCUT2D eigenvalue weighted by molar-refractivity contribution is -0.137. The van der Waals surface area contributed by atoms with Gasteiger partial charge in [-0.1, -0.05) is 0 Å². The van der Waals surface area contributed by atoms with Gasteiger partial charge in [-0.2, -0.15) is 0 Å². The summed E-state index contributed by atoms with van der Waals surface area (Å²) >= 11 is 0. The van der Waals surface area contributed by atoms with Gasteiger partial charge in [-0.3, -0.25) is 4.79 Å². The number of aliphatic carboxylic acids is 1. The second kappa shape index (κ2) is 5.14. The maximum absolute atomic E-state index is 10.8. The highest BCUT2D eigenvalue weighted by atomic mass is 16.7. The number of carbonyl (C=O) groups is 1. The monoisotopic (exact) mass is 253 g/mol. The van der Waals surface area contributed by atoms with Crippen molar-refractivity contribution in [2.45, 2.75) is 12.3 Å². The lowest BCUT2D eigenvalue weighted by Crippen LogP contribution is -2.17. The second-order valence-electron chi connectivity index (χ2n) is 3.98. The molecule has 6 nitrogen and oxygen atoms in total. The first kappa shape index (κ1) is 12.5. The summed E-state index contributed by atoms with van der Waals surface area (Å²) in [6, 6.07) is 3.43. The number of hydrogen-bond donors (Lipinski definition) is 2. The van der Waals surface area contributed by atoms with Gasteiger partial charge in [0.1, 0.15) is 5.75 Å². The molecule has 0 bridgehead atoms. The van der Waals surface area contributed by atoms with Gasteiger partial charge in [0.25, 0.3) is 0 Å². The van der Waals surface area contributed by atoms with E-state index in [1.165, 1.54) is 7.11 Å². The first-order valence-corrected chi connectivity index (χ1v) is 5.55. The van der Waals surface area contributed by atoms with Crippen molar-refractivity contribution in [2.24, 2.45) is 5.73 Å². The molecule has 98 valence electrons. The predicted octanol–water partition coefficient (Wildman–Crippen LogP) is 0.941. The van der Waals surface area contributed by atoms with Crippen molar-refractivity contribution in [3.05, 3.63) is 17.7 Å². The van der Waals surface area contributed by atoms with E-state index in [-0.39, 0.29) is 25.7 Å². The highest BCUT2D eigenvalue weighted by molar-refractivity contribution is 5.68. The van der Waals surface area contributed by atoms with Gasteiger partial charge in [-0.05, 0) is 12.6 Å². The van der Waals surface area contributed by atoms with E-state index in [1.807, 2.05) is 0 Å². The van der Waals surface area contributed by atoms with E-state index in [0.717, 1.165) is 5.56 Å². The Kier molecular flexibility index (Phi) is 3.57. The van der Waals surface area contributed by atoms with Gasteiger partial charge in [0.05, 0.1) is 13.5 Å². The summed E-state index contributed by atoms with van der Waals surface area (Å²) in [5, 5.41) is 8.88. The maximum Gasteiger partial charge on any atom is 0.304 e. The van der Waals surface area contributed by atoms with Crippen molar-refractivity contribution < 1.29 is 24.1 Å². The largest absolute Gasteiger partial charge is 0.496 e. The van der Waals surface area contributed by atoms with Crippen LogP contribution in [0.25, 0.3) is 0 Å². The van der Waals surface area contributed by atoms with E-state index in [2.05, 4.69) is 0 Å². The van der Waals surface area contributed by atoms with Crippen LogP contribution in [0.1, 0.15) is 17.9 Å². The number of rotatable bonds is 5. The van der Waals surface area contributed by atoms with Crippen molar-refractivity contribution in [1.82, 2.24) is 0 Å². The molecular formula is C12H15NO5. The second-order valence-corrected chi connectivity index (χ2v) is 3.98. The number of hydrogen-bond acceptors (Lipinski definition) is 5. The Labute approximate surface area is 104 Å². The van der Waals surface area contributed by atoms with Crippen molar-refractivity contribution in [3.63, 3.8) is 0 Å². The van der Waals surface area contributed by atoms with Gasteiger partial charge in [0.15, 0.2) is 11.5 Å². The zero-order valence-electron chi connectivity index (χ0n) is 10.0. The van der Waals surface area contributed by atoms with Gasteiger partial charge >= 0.3 is 5.97 Å². The van der Waals surface area contributed by atoms with Crippen LogP contribution in [0.4, 0.5) is 0 Å². The molecule has 0 saturated carbocycles. The number of carboxylic acid groups (broad SMARTS) is 1. The maximum atomic E-state index is 10.8. The van der Waals surface area contributed by atoms with Crippen molar-refractivity contribution in [2.75, 3.05) is 20.4 Å². The van der Waals surface area contributed by atoms with Crippen LogP contribution in [0.15, 0.2) is 12.1 Å². The molecule has 1 atom stereocenters. The summed E-state index contributed by atoms with van der Waals surface area (Å²) in [7, 11) is 1.52. The Bertz CT molecular complexity index is 460. The van der Waals surface area contributed by atoms with E-state index in [9.17, 15) is 4.79 Å². The lowest BCUT2D eigenvalue weighted by Gasteiger charge is -2.17. The predicted molar refractivity (Wildman–Crippen MR) is 63.2 cm³/mol. The van der Waals surface area contributed by atoms with Gasteiger partial charge in [0, 0.05) is 17.5 Å². The zero-order valence-corrected chi connectivity index (χ0v) is 10.0. The Morgan fingerprint density at radius 3 is 2.72 bits per heavy atom. The molecule has 1 aliphatic rings. The molecule has 6 heteroatoms. The van der Waals surface area contributed by atoms with Gasteiger partial charge in [-0.15, -0.1) is 0 Å². The number of methoxy groups -OCH3 is 1. The van der Waals surface area contributed by atoms with Crippen LogP contribution in [0.5, 0.6) is 17.2 Å². The summed E-state index contributed by atoms with van der Waals surface area (Å²) in [5.41, 5.74) is 6.36. The molecule has 0 saturated heterocycles. The summed E-state index contributed by atoms with van der Waals surface area (Å²) in [4.78, 5) is 10.8. The van der Waals surface area contributed by atoms with Crippen LogP contribution in [0.3, 0.4) is 0 Å². The third-order valence-corrected chi connectivity index (χ3v) is 2.87. The van der Waals surface area contributed by atoms with E-state index in [4.69, 9.17) is 25.1 Å². The molecule has 0 fully saturated rings. The minimum Gasteiger partial charge on any atom is -0.496 e. The summed E-state index contributed by atoms with van der Waals surface area (Å²) in [6.45, 7) is 0.385. The molecule has 1 unspecified atom stereocenters. The summed E-state index contributed by atoms with van der Waals surface area (Å²) < 4.78 is 15.8. The van der Waals surface area contributed by atoms with Gasteiger partial charge < -0.3 is 25.1 Å². The molecule has 0 aliphatic carbocycles. The van der Waals surface area contributed by atoms with Gasteiger partial charge in [0.2, 0.25) is 6.79 Å². The molecule has 0 amide bonds. The first-order valence-electron chi connectivity index (χ1n) is 5.55. The minimum absolute atomic E-state index is 0.0491. The topological polar surface area (TPSA) is 91.0 Å². The Balaban J connectivity index is 2.38. The van der Waals surface area contributed by atoms with E-state index < -0.39 is 5.97 Å². The van der Waals surface area contributed by atoms with Crippen molar-refractivity contribution in [3.8, 4) is 17.2 Å². The number of benzene rings is 1. The molecule has 18 heavy (non-hydrogen) atoms. The highest BCUT2D eigenvalue weighted by Gasteiger charge is 2.23. The fourth-order valence-electron chi connectivity index (χ4n) is 1.97. The average molecular weight is 253 g/mol. The van der Waals surface area contributed by atoms with Crippen molar-refractivity contribution >= 4 is 5.97 Å². The number of carboxylic acids is 1. The van der Waals surface area contributed by atoms with E-state index in [1.54, 1.807) is 12.1 Å². The van der Waals surface area contributed by atoms with Crippen LogP contribution >= 0.6 is 0 Å². The minimum atomic E-state index is -0.898. The summed E-state index contributed by atoms with van der Waals surface area (Å²) in [6.07, 6.45) is -0.0491. The Morgan fingerprint density at radius 2 is 2.17 bits per heavy atom. The van der Waals surface area contributed by atoms with E-state index >= 15 is 0 Å². The van der Waals surface area contributed by atoms with E-state index in [0.29, 0.717) is 17.2 Å². The van der Waals surface area contributed by atoms with Crippen LogP contribution in [-0.2, 0) is 4.79 Å². The first-order chi connectivity index (χ1) is 8.65. The molecule has 1 aromatic rings. The molecule has 0 aromatic heterocycles.